The summed E-state index contributed by atoms with van der Waals surface area (Å²) >= 11 is 0. The van der Waals surface area contributed by atoms with E-state index in [1.54, 1.807) is 0 Å². The van der Waals surface area contributed by atoms with Gasteiger partial charge in [-0.05, 0) is 44.5 Å². The number of aromatic nitrogens is 1. The van der Waals surface area contributed by atoms with Crippen molar-refractivity contribution in [3.63, 3.8) is 0 Å². The molecular formula is C16H27N3O. The fourth-order valence-corrected chi connectivity index (χ4v) is 2.25. The third kappa shape index (κ3) is 4.46. The molecule has 4 heteroatoms. The lowest BCUT2D eigenvalue weighted by molar-refractivity contribution is 0.226. The number of hydrogen-bond acceptors (Lipinski definition) is 4. The Morgan fingerprint density at radius 1 is 1.40 bits per heavy atom. The number of nitrogens with one attached hydrogen (secondary N) is 1. The van der Waals surface area contributed by atoms with Crippen molar-refractivity contribution >= 4 is 0 Å². The summed E-state index contributed by atoms with van der Waals surface area (Å²) in [5.41, 5.74) is 2.33. The molecule has 1 aliphatic rings. The topological polar surface area (TPSA) is 37.4 Å². The molecule has 2 rings (SSSR count). The Hall–Kier alpha value is -1.13. The Morgan fingerprint density at radius 3 is 2.75 bits per heavy atom. The normalized spacial score (nSPS) is 15.1. The molecule has 0 aliphatic heterocycles. The SMILES string of the molecule is CNCc1cc(OCCN(C)C2CC2)nc(C(C)C)c1. The summed E-state index contributed by atoms with van der Waals surface area (Å²) in [7, 11) is 4.13. The van der Waals surface area contributed by atoms with Gasteiger partial charge in [0.2, 0.25) is 5.88 Å². The Kier molecular flexibility index (Phi) is 5.38. The molecule has 1 saturated carbocycles. The molecule has 4 nitrogen and oxygen atoms in total. The monoisotopic (exact) mass is 277 g/mol. The fourth-order valence-electron chi connectivity index (χ4n) is 2.25. The van der Waals surface area contributed by atoms with E-state index in [9.17, 15) is 0 Å². The predicted octanol–water partition coefficient (Wildman–Crippen LogP) is 2.40. The lowest BCUT2D eigenvalue weighted by atomic mass is 10.1. The smallest absolute Gasteiger partial charge is 0.213 e. The highest BCUT2D eigenvalue weighted by atomic mass is 16.5. The van der Waals surface area contributed by atoms with Gasteiger partial charge in [-0.15, -0.1) is 0 Å². The first-order valence-corrected chi connectivity index (χ1v) is 7.58. The lowest BCUT2D eigenvalue weighted by Gasteiger charge is -2.16. The zero-order valence-electron chi connectivity index (χ0n) is 13.1. The number of ether oxygens (including phenoxy) is 1. The van der Waals surface area contributed by atoms with Gasteiger partial charge >= 0.3 is 0 Å². The molecule has 0 unspecified atom stereocenters. The van der Waals surface area contributed by atoms with E-state index in [2.05, 4.69) is 42.2 Å². The number of hydrogen-bond donors (Lipinski definition) is 1. The van der Waals surface area contributed by atoms with Gasteiger partial charge in [0.05, 0.1) is 0 Å². The number of likely N-dealkylation sites (N-methyl/N-ethyl adjacent to an activating group) is 1. The second-order valence-corrected chi connectivity index (χ2v) is 5.98. The molecule has 1 aromatic rings. The van der Waals surface area contributed by atoms with Crippen molar-refractivity contribution in [3.8, 4) is 5.88 Å². The molecule has 0 spiro atoms. The fraction of sp³-hybridized carbons (Fsp3) is 0.688. The van der Waals surface area contributed by atoms with Crippen LogP contribution in [0, 0.1) is 0 Å². The second kappa shape index (κ2) is 7.04. The van der Waals surface area contributed by atoms with Crippen LogP contribution in [-0.4, -0.2) is 43.2 Å². The molecule has 1 aliphatic carbocycles. The first kappa shape index (κ1) is 15.3. The first-order chi connectivity index (χ1) is 9.60. The van der Waals surface area contributed by atoms with Crippen LogP contribution in [0.1, 0.15) is 43.9 Å². The Labute approximate surface area is 122 Å². The molecule has 1 aromatic heterocycles. The zero-order chi connectivity index (χ0) is 14.5. The summed E-state index contributed by atoms with van der Waals surface area (Å²) in [5.74, 6) is 1.17. The Morgan fingerprint density at radius 2 is 2.15 bits per heavy atom. The van der Waals surface area contributed by atoms with E-state index in [1.807, 2.05) is 13.1 Å². The molecular weight excluding hydrogens is 250 g/mol. The zero-order valence-corrected chi connectivity index (χ0v) is 13.1. The highest BCUT2D eigenvalue weighted by molar-refractivity contribution is 5.26. The third-order valence-corrected chi connectivity index (χ3v) is 3.72. The van der Waals surface area contributed by atoms with Crippen molar-refractivity contribution in [1.82, 2.24) is 15.2 Å². The molecule has 0 amide bonds. The van der Waals surface area contributed by atoms with Crippen molar-refractivity contribution in [2.75, 3.05) is 27.2 Å². The maximum Gasteiger partial charge on any atom is 0.213 e. The van der Waals surface area contributed by atoms with Crippen molar-refractivity contribution in [2.45, 2.75) is 45.2 Å². The highest BCUT2D eigenvalue weighted by Crippen LogP contribution is 2.25. The van der Waals surface area contributed by atoms with E-state index in [1.165, 1.54) is 18.4 Å². The maximum atomic E-state index is 5.85. The van der Waals surface area contributed by atoms with E-state index >= 15 is 0 Å². The molecule has 1 fully saturated rings. The largest absolute Gasteiger partial charge is 0.476 e. The van der Waals surface area contributed by atoms with Crippen molar-refractivity contribution < 1.29 is 4.74 Å². The van der Waals surface area contributed by atoms with Crippen LogP contribution in [0.5, 0.6) is 5.88 Å². The summed E-state index contributed by atoms with van der Waals surface area (Å²) in [5, 5.41) is 3.18. The molecule has 0 atom stereocenters. The molecule has 1 N–H and O–H groups in total. The maximum absolute atomic E-state index is 5.85. The van der Waals surface area contributed by atoms with Crippen LogP contribution < -0.4 is 10.1 Å². The van der Waals surface area contributed by atoms with Crippen LogP contribution in [-0.2, 0) is 6.54 Å². The van der Waals surface area contributed by atoms with E-state index in [0.29, 0.717) is 12.5 Å². The Bertz CT molecular complexity index is 430. The standard InChI is InChI=1S/C16H27N3O/c1-12(2)15-9-13(11-17-3)10-16(18-15)20-8-7-19(4)14-5-6-14/h9-10,12,14,17H,5-8,11H2,1-4H3. The van der Waals surface area contributed by atoms with Gasteiger partial charge in [-0.3, -0.25) is 0 Å². The van der Waals surface area contributed by atoms with Crippen LogP contribution in [0.15, 0.2) is 12.1 Å². The van der Waals surface area contributed by atoms with Crippen molar-refractivity contribution in [2.24, 2.45) is 0 Å². The highest BCUT2D eigenvalue weighted by Gasteiger charge is 2.25. The van der Waals surface area contributed by atoms with Crippen LogP contribution >= 0.6 is 0 Å². The van der Waals surface area contributed by atoms with Crippen LogP contribution in [0.25, 0.3) is 0 Å². The molecule has 20 heavy (non-hydrogen) atoms. The van der Waals surface area contributed by atoms with E-state index in [4.69, 9.17) is 4.74 Å². The van der Waals surface area contributed by atoms with Gasteiger partial charge < -0.3 is 15.0 Å². The van der Waals surface area contributed by atoms with Crippen LogP contribution in [0.2, 0.25) is 0 Å². The van der Waals surface area contributed by atoms with Gasteiger partial charge in [0, 0.05) is 30.9 Å². The quantitative estimate of drug-likeness (QED) is 0.792. The van der Waals surface area contributed by atoms with Gasteiger partial charge in [0.25, 0.3) is 0 Å². The third-order valence-electron chi connectivity index (χ3n) is 3.72. The second-order valence-electron chi connectivity index (χ2n) is 5.98. The number of pyridine rings is 1. The minimum Gasteiger partial charge on any atom is -0.476 e. The summed E-state index contributed by atoms with van der Waals surface area (Å²) < 4.78 is 5.85. The minimum atomic E-state index is 0.420. The van der Waals surface area contributed by atoms with E-state index in [-0.39, 0.29) is 0 Å². The molecule has 0 bridgehead atoms. The number of nitrogens with zero attached hydrogens (tertiary/aromatic N) is 2. The van der Waals surface area contributed by atoms with Gasteiger partial charge in [0.15, 0.2) is 0 Å². The summed E-state index contributed by atoms with van der Waals surface area (Å²) in [4.78, 5) is 6.98. The van der Waals surface area contributed by atoms with Crippen molar-refractivity contribution in [1.29, 1.82) is 0 Å². The molecule has 1 heterocycles. The van der Waals surface area contributed by atoms with Gasteiger partial charge in [-0.1, -0.05) is 13.8 Å². The van der Waals surface area contributed by atoms with E-state index in [0.717, 1.165) is 30.7 Å². The summed E-state index contributed by atoms with van der Waals surface area (Å²) in [6.07, 6.45) is 2.67. The first-order valence-electron chi connectivity index (χ1n) is 7.58. The van der Waals surface area contributed by atoms with Gasteiger partial charge in [0.1, 0.15) is 6.61 Å². The molecule has 0 radical (unpaired) electrons. The average molecular weight is 277 g/mol. The molecule has 0 saturated heterocycles. The molecule has 112 valence electrons. The minimum absolute atomic E-state index is 0.420. The van der Waals surface area contributed by atoms with Gasteiger partial charge in [-0.2, -0.15) is 0 Å². The van der Waals surface area contributed by atoms with Gasteiger partial charge in [-0.25, -0.2) is 4.98 Å². The predicted molar refractivity (Wildman–Crippen MR) is 82.2 cm³/mol. The Balaban J connectivity index is 1.94. The summed E-state index contributed by atoms with van der Waals surface area (Å²) in [6, 6.07) is 4.98. The average Bonchev–Trinajstić information content (AvgIpc) is 3.23. The lowest BCUT2D eigenvalue weighted by Crippen LogP contribution is -2.26. The molecule has 0 aromatic carbocycles. The van der Waals surface area contributed by atoms with Crippen LogP contribution in [0.3, 0.4) is 0 Å². The van der Waals surface area contributed by atoms with E-state index < -0.39 is 0 Å². The number of rotatable bonds is 8. The van der Waals surface area contributed by atoms with Crippen LogP contribution in [0.4, 0.5) is 0 Å². The summed E-state index contributed by atoms with van der Waals surface area (Å²) in [6.45, 7) is 6.85. The van der Waals surface area contributed by atoms with Crippen molar-refractivity contribution in [3.05, 3.63) is 23.4 Å².